The molecule has 0 aliphatic carbocycles. The smallest absolute Gasteiger partial charge is 0.410 e. The van der Waals surface area contributed by atoms with Gasteiger partial charge in [-0.2, -0.15) is 0 Å². The molecule has 4 heterocycles. The van der Waals surface area contributed by atoms with Gasteiger partial charge in [-0.15, -0.1) is 0 Å². The van der Waals surface area contributed by atoms with E-state index in [4.69, 9.17) is 25.2 Å². The Bertz CT molecular complexity index is 1280. The van der Waals surface area contributed by atoms with E-state index < -0.39 is 5.60 Å². The number of amides is 1. The van der Waals surface area contributed by atoms with Gasteiger partial charge in [-0.3, -0.25) is 4.57 Å². The van der Waals surface area contributed by atoms with Gasteiger partial charge in [0.1, 0.15) is 11.4 Å². The number of benzene rings is 1. The van der Waals surface area contributed by atoms with Crippen molar-refractivity contribution in [1.29, 1.82) is 0 Å². The van der Waals surface area contributed by atoms with Crippen LogP contribution in [0.3, 0.4) is 0 Å². The number of fused-ring (bicyclic) bond motifs is 1. The van der Waals surface area contributed by atoms with Gasteiger partial charge in [0.15, 0.2) is 5.82 Å². The van der Waals surface area contributed by atoms with E-state index in [0.717, 1.165) is 40.6 Å². The van der Waals surface area contributed by atoms with Crippen LogP contribution in [-0.4, -0.2) is 68.5 Å². The average Bonchev–Trinajstić information content (AvgIpc) is 3.20. The minimum Gasteiger partial charge on any atom is -0.444 e. The normalized spacial score (nSPS) is 18.0. The van der Waals surface area contributed by atoms with E-state index in [0.29, 0.717) is 44.5 Å². The number of hydrogen-bond donors (Lipinski definition) is 1. The first kappa shape index (κ1) is 25.0. The molecule has 0 unspecified atom stereocenters. The number of hydrogen-bond acceptors (Lipinski definition) is 8. The maximum Gasteiger partial charge on any atom is 0.410 e. The molecule has 1 amide bonds. The number of carbonyl (C=O) groups is 1. The number of aryl methyl sites for hydroxylation is 1. The Labute approximate surface area is 217 Å². The number of nitrogens with two attached hydrogens (primary N) is 1. The highest BCUT2D eigenvalue weighted by molar-refractivity contribution is 5.70. The van der Waals surface area contributed by atoms with Crippen LogP contribution in [0.4, 0.5) is 16.6 Å². The van der Waals surface area contributed by atoms with Crippen LogP contribution in [0.25, 0.3) is 17.1 Å². The second-order valence-corrected chi connectivity index (χ2v) is 10.7. The number of imidazole rings is 1. The van der Waals surface area contributed by atoms with Crippen molar-refractivity contribution >= 4 is 17.9 Å². The standard InChI is InChI=1S/C27H35N7O3/c1-17-14-29-25(28)34(17)20-8-6-19(7-9-20)23-30-22-15-32(26(35)37-27(3,4)5)11-10-21(22)24(31-23)33-12-13-36-16-18(33)2/h6-9,14,18H,10-13,15-16H2,1-5H3,(H2,28,29)/t18-/m0/s1. The Morgan fingerprint density at radius 2 is 1.92 bits per heavy atom. The number of carbonyl (C=O) groups excluding carboxylic acids is 1. The van der Waals surface area contributed by atoms with Crippen LogP contribution in [0.15, 0.2) is 30.5 Å². The molecular formula is C27H35N7O3. The summed E-state index contributed by atoms with van der Waals surface area (Å²) >= 11 is 0. The Morgan fingerprint density at radius 1 is 1.16 bits per heavy atom. The van der Waals surface area contributed by atoms with Gasteiger partial charge in [0.25, 0.3) is 0 Å². The number of ether oxygens (including phenoxy) is 2. The first-order valence-electron chi connectivity index (χ1n) is 12.7. The summed E-state index contributed by atoms with van der Waals surface area (Å²) in [5.41, 5.74) is 10.2. The summed E-state index contributed by atoms with van der Waals surface area (Å²) in [6.07, 6.45) is 2.10. The van der Waals surface area contributed by atoms with E-state index in [2.05, 4.69) is 16.8 Å². The minimum absolute atomic E-state index is 0.194. The number of aromatic nitrogens is 4. The van der Waals surface area contributed by atoms with Crippen LogP contribution in [-0.2, 0) is 22.4 Å². The Kier molecular flexibility index (Phi) is 6.53. The molecule has 1 fully saturated rings. The molecule has 2 aliphatic heterocycles. The highest BCUT2D eigenvalue weighted by Crippen LogP contribution is 2.32. The van der Waals surface area contributed by atoms with Crippen molar-refractivity contribution in [3.05, 3.63) is 47.4 Å². The molecule has 3 aromatic rings. The summed E-state index contributed by atoms with van der Waals surface area (Å²) in [5, 5.41) is 0. The fourth-order valence-corrected chi connectivity index (χ4v) is 4.85. The molecule has 1 atom stereocenters. The van der Waals surface area contributed by atoms with Crippen molar-refractivity contribution in [2.45, 2.75) is 59.2 Å². The van der Waals surface area contributed by atoms with Crippen LogP contribution < -0.4 is 10.6 Å². The number of anilines is 2. The lowest BCUT2D eigenvalue weighted by molar-refractivity contribution is 0.0220. The van der Waals surface area contributed by atoms with E-state index in [1.165, 1.54) is 0 Å². The van der Waals surface area contributed by atoms with Crippen LogP contribution >= 0.6 is 0 Å². The van der Waals surface area contributed by atoms with Crippen LogP contribution in [0.5, 0.6) is 0 Å². The zero-order valence-corrected chi connectivity index (χ0v) is 22.2. The second-order valence-electron chi connectivity index (χ2n) is 10.7. The topological polar surface area (TPSA) is 112 Å². The predicted molar refractivity (Wildman–Crippen MR) is 142 cm³/mol. The third-order valence-corrected chi connectivity index (χ3v) is 6.68. The number of morpholine rings is 1. The van der Waals surface area contributed by atoms with Gasteiger partial charge in [0, 0.05) is 35.6 Å². The molecule has 2 aliphatic rings. The summed E-state index contributed by atoms with van der Waals surface area (Å²) < 4.78 is 13.2. The van der Waals surface area contributed by atoms with Gasteiger partial charge < -0.3 is 25.0 Å². The molecule has 10 nitrogen and oxygen atoms in total. The van der Waals surface area contributed by atoms with E-state index >= 15 is 0 Å². The van der Waals surface area contributed by atoms with Crippen molar-refractivity contribution in [3.8, 4) is 17.1 Å². The van der Waals surface area contributed by atoms with Gasteiger partial charge >= 0.3 is 6.09 Å². The second kappa shape index (κ2) is 9.66. The first-order valence-corrected chi connectivity index (χ1v) is 12.7. The number of nitrogens with zero attached hydrogens (tertiary/aromatic N) is 6. The fraction of sp³-hybridized carbons (Fsp3) is 0.481. The van der Waals surface area contributed by atoms with Crippen molar-refractivity contribution in [2.24, 2.45) is 0 Å². The van der Waals surface area contributed by atoms with Crippen molar-refractivity contribution in [2.75, 3.05) is 36.9 Å². The SMILES string of the molecule is Cc1cnc(N)n1-c1ccc(-c2nc3c(c(N4CCOC[C@@H]4C)n2)CCN(C(=O)OC(C)(C)C)C3)cc1. The number of nitrogen functional groups attached to an aromatic ring is 1. The summed E-state index contributed by atoms with van der Waals surface area (Å²) in [4.78, 5) is 31.1. The average molecular weight is 506 g/mol. The maximum absolute atomic E-state index is 12.8. The molecule has 10 heteroatoms. The van der Waals surface area contributed by atoms with E-state index in [9.17, 15) is 4.79 Å². The molecule has 1 saturated heterocycles. The van der Waals surface area contributed by atoms with Crippen molar-refractivity contribution in [3.63, 3.8) is 0 Å². The van der Waals surface area contributed by atoms with Gasteiger partial charge in [-0.1, -0.05) is 0 Å². The van der Waals surface area contributed by atoms with E-state index in [-0.39, 0.29) is 12.1 Å². The predicted octanol–water partition coefficient (Wildman–Crippen LogP) is 3.74. The lowest BCUT2D eigenvalue weighted by Gasteiger charge is -2.38. The van der Waals surface area contributed by atoms with Crippen molar-refractivity contribution < 1.29 is 14.3 Å². The Morgan fingerprint density at radius 3 is 2.57 bits per heavy atom. The van der Waals surface area contributed by atoms with Gasteiger partial charge in [-0.05, 0) is 65.3 Å². The molecule has 0 saturated carbocycles. The molecule has 1 aromatic carbocycles. The summed E-state index contributed by atoms with van der Waals surface area (Å²) in [5.74, 6) is 2.00. The summed E-state index contributed by atoms with van der Waals surface area (Å²) in [7, 11) is 0. The third kappa shape index (κ3) is 5.11. The molecule has 0 bridgehead atoms. The number of rotatable bonds is 3. The molecule has 196 valence electrons. The molecule has 2 aromatic heterocycles. The monoisotopic (exact) mass is 505 g/mol. The van der Waals surface area contributed by atoms with Crippen molar-refractivity contribution in [1.82, 2.24) is 24.4 Å². The molecule has 2 N–H and O–H groups in total. The molecule has 0 radical (unpaired) electrons. The zero-order chi connectivity index (χ0) is 26.3. The third-order valence-electron chi connectivity index (χ3n) is 6.68. The van der Waals surface area contributed by atoms with E-state index in [1.807, 2.05) is 56.5 Å². The van der Waals surface area contributed by atoms with Gasteiger partial charge in [0.05, 0.1) is 37.7 Å². The summed E-state index contributed by atoms with van der Waals surface area (Å²) in [6.45, 7) is 12.8. The quantitative estimate of drug-likeness (QED) is 0.573. The summed E-state index contributed by atoms with van der Waals surface area (Å²) in [6, 6.07) is 8.17. The largest absolute Gasteiger partial charge is 0.444 e. The van der Waals surface area contributed by atoms with Gasteiger partial charge in [0.2, 0.25) is 5.95 Å². The molecule has 0 spiro atoms. The van der Waals surface area contributed by atoms with Crippen LogP contribution in [0.2, 0.25) is 0 Å². The molecule has 37 heavy (non-hydrogen) atoms. The fourth-order valence-electron chi connectivity index (χ4n) is 4.85. The van der Waals surface area contributed by atoms with Crippen LogP contribution in [0, 0.1) is 6.92 Å². The first-order chi connectivity index (χ1) is 17.6. The lowest BCUT2D eigenvalue weighted by atomic mass is 10.0. The van der Waals surface area contributed by atoms with Gasteiger partial charge in [-0.25, -0.2) is 19.7 Å². The van der Waals surface area contributed by atoms with E-state index in [1.54, 1.807) is 11.1 Å². The highest BCUT2D eigenvalue weighted by atomic mass is 16.6. The maximum atomic E-state index is 12.8. The highest BCUT2D eigenvalue weighted by Gasteiger charge is 2.32. The molecular weight excluding hydrogens is 470 g/mol. The van der Waals surface area contributed by atoms with Crippen LogP contribution in [0.1, 0.15) is 44.6 Å². The zero-order valence-electron chi connectivity index (χ0n) is 22.2. The minimum atomic E-state index is -0.554. The Hall–Kier alpha value is -3.66. The lowest BCUT2D eigenvalue weighted by Crippen LogP contribution is -2.46. The Balaban J connectivity index is 1.52. The molecule has 5 rings (SSSR count).